The van der Waals surface area contributed by atoms with Gasteiger partial charge in [0.15, 0.2) is 0 Å². The van der Waals surface area contributed by atoms with E-state index in [2.05, 4.69) is 57.3 Å². The van der Waals surface area contributed by atoms with E-state index in [1.807, 2.05) is 12.1 Å². The summed E-state index contributed by atoms with van der Waals surface area (Å²) in [5, 5.41) is 0. The van der Waals surface area contributed by atoms with Gasteiger partial charge in [-0.05, 0) is 39.1 Å². The van der Waals surface area contributed by atoms with Crippen LogP contribution in [0.3, 0.4) is 0 Å². The highest BCUT2D eigenvalue weighted by Crippen LogP contribution is 2.22. The largest absolute Gasteiger partial charge is 0.369 e. The monoisotopic (exact) mass is 310 g/mol. The molecule has 0 atom stereocenters. The van der Waals surface area contributed by atoms with Gasteiger partial charge >= 0.3 is 0 Å². The van der Waals surface area contributed by atoms with Crippen LogP contribution in [0.5, 0.6) is 0 Å². The second-order valence-corrected chi connectivity index (χ2v) is 5.74. The van der Waals surface area contributed by atoms with E-state index in [1.165, 1.54) is 0 Å². The first-order valence-electron chi connectivity index (χ1n) is 6.10. The van der Waals surface area contributed by atoms with Crippen LogP contribution in [0.4, 0.5) is 5.95 Å². The van der Waals surface area contributed by atoms with Gasteiger partial charge in [0.2, 0.25) is 5.95 Å². The number of hydrogen-bond acceptors (Lipinski definition) is 3. The number of likely N-dealkylation sites (N-methyl/N-ethyl adjacent to an activating group) is 1. The summed E-state index contributed by atoms with van der Waals surface area (Å²) in [4.78, 5) is 6.67. The first-order chi connectivity index (χ1) is 8.49. The molecule has 0 spiro atoms. The minimum absolute atomic E-state index is 0.535. The summed E-state index contributed by atoms with van der Waals surface area (Å²) in [6.07, 6.45) is 0. The van der Waals surface area contributed by atoms with Crippen molar-refractivity contribution in [3.8, 4) is 0 Å². The standard InChI is InChI=1S/C13H19BrN4/c1-9(2)17(3)6-7-18-12-8-10(14)4-5-11(12)16-13(18)15/h4-5,8-9H,6-7H2,1-3H3,(H2,15,16). The molecule has 18 heavy (non-hydrogen) atoms. The molecule has 0 saturated heterocycles. The third kappa shape index (κ3) is 2.67. The number of halogens is 1. The third-order valence-electron chi connectivity index (χ3n) is 3.30. The maximum Gasteiger partial charge on any atom is 0.201 e. The highest BCUT2D eigenvalue weighted by Gasteiger charge is 2.10. The molecule has 0 radical (unpaired) electrons. The Bertz CT molecular complexity index is 547. The molecule has 0 amide bonds. The van der Waals surface area contributed by atoms with Gasteiger partial charge in [0, 0.05) is 23.6 Å². The van der Waals surface area contributed by atoms with Crippen molar-refractivity contribution in [1.29, 1.82) is 0 Å². The predicted molar refractivity (Wildman–Crippen MR) is 79.6 cm³/mol. The van der Waals surface area contributed by atoms with E-state index in [9.17, 15) is 0 Å². The quantitative estimate of drug-likeness (QED) is 0.944. The molecule has 1 aromatic carbocycles. The summed E-state index contributed by atoms with van der Waals surface area (Å²) < 4.78 is 3.12. The Morgan fingerprint density at radius 3 is 2.83 bits per heavy atom. The second kappa shape index (κ2) is 5.28. The number of nitrogens with two attached hydrogens (primary N) is 1. The minimum Gasteiger partial charge on any atom is -0.369 e. The molecule has 0 aliphatic heterocycles. The van der Waals surface area contributed by atoms with Crippen molar-refractivity contribution in [2.45, 2.75) is 26.4 Å². The van der Waals surface area contributed by atoms with Crippen LogP contribution < -0.4 is 5.73 Å². The van der Waals surface area contributed by atoms with Crippen LogP contribution in [0.25, 0.3) is 11.0 Å². The SMILES string of the molecule is CC(C)N(C)CCn1c(N)nc2ccc(Br)cc21. The number of fused-ring (bicyclic) bond motifs is 1. The lowest BCUT2D eigenvalue weighted by Gasteiger charge is -2.21. The van der Waals surface area contributed by atoms with Crippen molar-refractivity contribution in [3.05, 3.63) is 22.7 Å². The minimum atomic E-state index is 0.535. The molecule has 0 unspecified atom stereocenters. The zero-order valence-corrected chi connectivity index (χ0v) is 12.6. The van der Waals surface area contributed by atoms with Crippen LogP contribution in [-0.2, 0) is 6.54 Å². The molecule has 98 valence electrons. The highest BCUT2D eigenvalue weighted by atomic mass is 79.9. The average molecular weight is 311 g/mol. The van der Waals surface area contributed by atoms with Gasteiger partial charge in [-0.1, -0.05) is 15.9 Å². The van der Waals surface area contributed by atoms with Gasteiger partial charge in [0.25, 0.3) is 0 Å². The van der Waals surface area contributed by atoms with Crippen molar-refractivity contribution in [2.24, 2.45) is 0 Å². The lowest BCUT2D eigenvalue weighted by molar-refractivity contribution is 0.264. The molecule has 1 heterocycles. The van der Waals surface area contributed by atoms with Crippen LogP contribution in [-0.4, -0.2) is 34.1 Å². The summed E-state index contributed by atoms with van der Waals surface area (Å²) in [7, 11) is 2.12. The summed E-state index contributed by atoms with van der Waals surface area (Å²) >= 11 is 3.49. The lowest BCUT2D eigenvalue weighted by Crippen LogP contribution is -2.29. The lowest BCUT2D eigenvalue weighted by atomic mass is 10.3. The van der Waals surface area contributed by atoms with Crippen LogP contribution in [0.1, 0.15) is 13.8 Å². The van der Waals surface area contributed by atoms with Gasteiger partial charge < -0.3 is 15.2 Å². The maximum absolute atomic E-state index is 5.98. The van der Waals surface area contributed by atoms with E-state index in [-0.39, 0.29) is 0 Å². The number of hydrogen-bond donors (Lipinski definition) is 1. The number of nitrogens with zero attached hydrogens (tertiary/aromatic N) is 3. The van der Waals surface area contributed by atoms with Gasteiger partial charge in [-0.15, -0.1) is 0 Å². The van der Waals surface area contributed by atoms with E-state index < -0.39 is 0 Å². The van der Waals surface area contributed by atoms with Crippen molar-refractivity contribution >= 4 is 32.9 Å². The van der Waals surface area contributed by atoms with Crippen molar-refractivity contribution in [2.75, 3.05) is 19.3 Å². The molecule has 0 saturated carbocycles. The van der Waals surface area contributed by atoms with Gasteiger partial charge in [0.1, 0.15) is 0 Å². The Balaban J connectivity index is 2.27. The molecule has 1 aromatic heterocycles. The fourth-order valence-corrected chi connectivity index (χ4v) is 2.21. The fraction of sp³-hybridized carbons (Fsp3) is 0.462. The summed E-state index contributed by atoms with van der Waals surface area (Å²) in [5.41, 5.74) is 8.01. The number of benzene rings is 1. The molecule has 0 bridgehead atoms. The van der Waals surface area contributed by atoms with Gasteiger partial charge in [-0.3, -0.25) is 0 Å². The van der Waals surface area contributed by atoms with E-state index in [1.54, 1.807) is 0 Å². The van der Waals surface area contributed by atoms with Gasteiger partial charge in [-0.25, -0.2) is 4.98 Å². The van der Waals surface area contributed by atoms with Gasteiger partial charge in [0.05, 0.1) is 11.0 Å². The van der Waals surface area contributed by atoms with E-state index >= 15 is 0 Å². The van der Waals surface area contributed by atoms with E-state index in [0.29, 0.717) is 12.0 Å². The predicted octanol–water partition coefficient (Wildman–Crippen LogP) is 2.72. The van der Waals surface area contributed by atoms with E-state index in [0.717, 1.165) is 28.6 Å². The molecule has 0 aliphatic rings. The molecule has 2 N–H and O–H groups in total. The third-order valence-corrected chi connectivity index (χ3v) is 3.79. The van der Waals surface area contributed by atoms with Crippen LogP contribution >= 0.6 is 15.9 Å². The Hall–Kier alpha value is -1.07. The zero-order chi connectivity index (χ0) is 13.3. The Morgan fingerprint density at radius 2 is 2.17 bits per heavy atom. The van der Waals surface area contributed by atoms with Crippen molar-refractivity contribution in [1.82, 2.24) is 14.5 Å². The molecular formula is C13H19BrN4. The Morgan fingerprint density at radius 1 is 1.44 bits per heavy atom. The summed E-state index contributed by atoms with van der Waals surface area (Å²) in [6.45, 7) is 6.19. The second-order valence-electron chi connectivity index (χ2n) is 4.83. The molecule has 0 fully saturated rings. The van der Waals surface area contributed by atoms with Gasteiger partial charge in [-0.2, -0.15) is 0 Å². The molecule has 4 nitrogen and oxygen atoms in total. The number of aromatic nitrogens is 2. The Kier molecular flexibility index (Phi) is 3.92. The average Bonchev–Trinajstić information content (AvgIpc) is 2.61. The molecular weight excluding hydrogens is 292 g/mol. The number of imidazole rings is 1. The smallest absolute Gasteiger partial charge is 0.201 e. The first-order valence-corrected chi connectivity index (χ1v) is 6.90. The fourth-order valence-electron chi connectivity index (χ4n) is 1.87. The highest BCUT2D eigenvalue weighted by molar-refractivity contribution is 9.10. The normalized spacial score (nSPS) is 11.9. The number of nitrogen functional groups attached to an aromatic ring is 1. The number of anilines is 1. The summed E-state index contributed by atoms with van der Waals surface area (Å²) in [5.74, 6) is 0.584. The van der Waals surface area contributed by atoms with Crippen LogP contribution in [0.2, 0.25) is 0 Å². The Labute approximate surface area is 116 Å². The topological polar surface area (TPSA) is 47.1 Å². The van der Waals surface area contributed by atoms with E-state index in [4.69, 9.17) is 5.73 Å². The molecule has 2 rings (SSSR count). The molecule has 0 aliphatic carbocycles. The number of rotatable bonds is 4. The van der Waals surface area contributed by atoms with Crippen LogP contribution in [0.15, 0.2) is 22.7 Å². The molecule has 5 heteroatoms. The first kappa shape index (κ1) is 13.4. The van der Waals surface area contributed by atoms with Crippen molar-refractivity contribution < 1.29 is 0 Å². The summed E-state index contributed by atoms with van der Waals surface area (Å²) in [6, 6.07) is 6.57. The molecule has 2 aromatic rings. The maximum atomic E-state index is 5.98. The van der Waals surface area contributed by atoms with Crippen LogP contribution in [0, 0.1) is 0 Å². The zero-order valence-electron chi connectivity index (χ0n) is 11.0. The van der Waals surface area contributed by atoms with Crippen molar-refractivity contribution in [3.63, 3.8) is 0 Å².